The number of phenols is 1. The number of phenolic OH excluding ortho intramolecular Hbond substituents is 1. The summed E-state index contributed by atoms with van der Waals surface area (Å²) in [7, 11) is 0. The third kappa shape index (κ3) is 3.12. The first-order valence-corrected chi connectivity index (χ1v) is 6.96. The highest BCUT2D eigenvalue weighted by molar-refractivity contribution is 7.12. The predicted molar refractivity (Wildman–Crippen MR) is 77.2 cm³/mol. The van der Waals surface area contributed by atoms with Crippen LogP contribution in [-0.4, -0.2) is 5.11 Å². The van der Waals surface area contributed by atoms with E-state index in [1.807, 2.05) is 29.5 Å². The van der Waals surface area contributed by atoms with E-state index in [9.17, 15) is 5.11 Å². The molecular weight excluding hydrogens is 242 g/mol. The number of hydrogen-bond donors (Lipinski definition) is 2. The summed E-state index contributed by atoms with van der Waals surface area (Å²) in [4.78, 5) is 2.73. The smallest absolute Gasteiger partial charge is 0.115 e. The molecule has 2 aromatic rings. The van der Waals surface area contributed by atoms with Crippen molar-refractivity contribution in [3.05, 3.63) is 51.2 Å². The van der Waals surface area contributed by atoms with Gasteiger partial charge in [0.2, 0.25) is 0 Å². The van der Waals surface area contributed by atoms with Gasteiger partial charge in [0.1, 0.15) is 5.75 Å². The molecule has 0 saturated heterocycles. The minimum absolute atomic E-state index is 0.233. The molecule has 1 atom stereocenters. The largest absolute Gasteiger partial charge is 0.508 e. The maximum absolute atomic E-state index is 9.47. The zero-order valence-electron chi connectivity index (χ0n) is 11.0. The lowest BCUT2D eigenvalue weighted by Gasteiger charge is -2.14. The first-order valence-electron chi connectivity index (χ1n) is 6.14. The van der Waals surface area contributed by atoms with Crippen molar-refractivity contribution in [2.24, 2.45) is 0 Å². The van der Waals surface area contributed by atoms with E-state index in [0.717, 1.165) is 12.1 Å². The molecule has 0 saturated carbocycles. The molecule has 2 N–H and O–H groups in total. The molecule has 3 heteroatoms. The van der Waals surface area contributed by atoms with Crippen molar-refractivity contribution in [1.29, 1.82) is 0 Å². The molecule has 0 aliphatic carbocycles. The minimum Gasteiger partial charge on any atom is -0.508 e. The molecule has 0 spiro atoms. The Bertz CT molecular complexity index is 533. The maximum Gasteiger partial charge on any atom is 0.115 e. The zero-order chi connectivity index (χ0) is 13.1. The number of thiophene rings is 1. The highest BCUT2D eigenvalue weighted by atomic mass is 32.1. The summed E-state index contributed by atoms with van der Waals surface area (Å²) >= 11 is 1.84. The van der Waals surface area contributed by atoms with Crippen molar-refractivity contribution in [2.75, 3.05) is 0 Å². The van der Waals surface area contributed by atoms with E-state index in [1.165, 1.54) is 15.3 Å². The Morgan fingerprint density at radius 1 is 1.28 bits per heavy atom. The summed E-state index contributed by atoms with van der Waals surface area (Å²) in [6.45, 7) is 7.28. The van der Waals surface area contributed by atoms with Gasteiger partial charge in [0.15, 0.2) is 0 Å². The third-order valence-corrected chi connectivity index (χ3v) is 4.12. The van der Waals surface area contributed by atoms with Crippen LogP contribution in [0.25, 0.3) is 0 Å². The molecule has 0 bridgehead atoms. The van der Waals surface area contributed by atoms with Crippen molar-refractivity contribution in [2.45, 2.75) is 33.4 Å². The van der Waals surface area contributed by atoms with Gasteiger partial charge in [0.05, 0.1) is 0 Å². The van der Waals surface area contributed by atoms with E-state index >= 15 is 0 Å². The fourth-order valence-corrected chi connectivity index (χ4v) is 2.98. The van der Waals surface area contributed by atoms with Gasteiger partial charge in [-0.25, -0.2) is 0 Å². The molecule has 1 heterocycles. The molecule has 1 aromatic carbocycles. The number of benzene rings is 1. The molecule has 0 amide bonds. The predicted octanol–water partition coefficient (Wildman–Crippen LogP) is 3.92. The van der Waals surface area contributed by atoms with Crippen LogP contribution in [0.2, 0.25) is 0 Å². The molecule has 1 aromatic heterocycles. The maximum atomic E-state index is 9.47. The Balaban J connectivity index is 2.00. The summed E-state index contributed by atoms with van der Waals surface area (Å²) in [6.07, 6.45) is 0. The first kappa shape index (κ1) is 13.1. The average Bonchev–Trinajstić information content (AvgIpc) is 2.65. The Hall–Kier alpha value is -1.32. The Morgan fingerprint density at radius 2 is 2.06 bits per heavy atom. The molecule has 1 unspecified atom stereocenters. The molecule has 2 rings (SSSR count). The van der Waals surface area contributed by atoms with Crippen LogP contribution in [0.4, 0.5) is 0 Å². The number of aryl methyl sites for hydroxylation is 2. The lowest BCUT2D eigenvalue weighted by atomic mass is 10.1. The van der Waals surface area contributed by atoms with Gasteiger partial charge in [-0.1, -0.05) is 12.1 Å². The molecule has 0 aliphatic rings. The molecule has 0 fully saturated rings. The van der Waals surface area contributed by atoms with E-state index < -0.39 is 0 Å². The Morgan fingerprint density at radius 3 is 2.67 bits per heavy atom. The van der Waals surface area contributed by atoms with Gasteiger partial charge in [-0.15, -0.1) is 11.3 Å². The highest BCUT2D eigenvalue weighted by Crippen LogP contribution is 2.22. The van der Waals surface area contributed by atoms with Crippen LogP contribution in [0.1, 0.15) is 33.8 Å². The van der Waals surface area contributed by atoms with Crippen molar-refractivity contribution in [3.63, 3.8) is 0 Å². The Kier molecular flexibility index (Phi) is 4.04. The fraction of sp³-hybridized carbons (Fsp3) is 0.333. The molecule has 0 aliphatic heterocycles. The second-order valence-corrected chi connectivity index (χ2v) is 6.10. The molecule has 2 nitrogen and oxygen atoms in total. The highest BCUT2D eigenvalue weighted by Gasteiger charge is 2.07. The van der Waals surface area contributed by atoms with Gasteiger partial charge in [-0.05, 0) is 50.1 Å². The van der Waals surface area contributed by atoms with Crippen LogP contribution >= 0.6 is 11.3 Å². The lowest BCUT2D eigenvalue weighted by molar-refractivity contribution is 0.472. The van der Waals surface area contributed by atoms with Crippen LogP contribution in [0.15, 0.2) is 30.3 Å². The van der Waals surface area contributed by atoms with E-state index in [0.29, 0.717) is 5.75 Å². The number of nitrogens with one attached hydrogen (secondary N) is 1. The van der Waals surface area contributed by atoms with Gasteiger partial charge >= 0.3 is 0 Å². The molecular formula is C15H19NOS. The first-order chi connectivity index (χ1) is 8.56. The third-order valence-electron chi connectivity index (χ3n) is 3.11. The van der Waals surface area contributed by atoms with Gasteiger partial charge in [0, 0.05) is 22.3 Å². The van der Waals surface area contributed by atoms with Gasteiger partial charge in [-0.2, -0.15) is 0 Å². The number of hydrogen-bond acceptors (Lipinski definition) is 3. The van der Waals surface area contributed by atoms with Crippen LogP contribution in [0.3, 0.4) is 0 Å². The summed E-state index contributed by atoms with van der Waals surface area (Å²) in [5.74, 6) is 0.323. The fourth-order valence-electron chi connectivity index (χ4n) is 2.03. The van der Waals surface area contributed by atoms with Gasteiger partial charge < -0.3 is 10.4 Å². The van der Waals surface area contributed by atoms with Crippen LogP contribution in [-0.2, 0) is 6.54 Å². The molecule has 18 heavy (non-hydrogen) atoms. The van der Waals surface area contributed by atoms with Gasteiger partial charge in [0.25, 0.3) is 0 Å². The summed E-state index contributed by atoms with van der Waals surface area (Å²) in [5.41, 5.74) is 2.48. The minimum atomic E-state index is 0.233. The SMILES string of the molecule is Cc1cc(CNC(C)c2cccc(O)c2)c(C)s1. The van der Waals surface area contributed by atoms with Crippen molar-refractivity contribution >= 4 is 11.3 Å². The average molecular weight is 261 g/mol. The van der Waals surface area contributed by atoms with E-state index in [4.69, 9.17) is 0 Å². The van der Waals surface area contributed by atoms with Crippen LogP contribution in [0.5, 0.6) is 5.75 Å². The van der Waals surface area contributed by atoms with Crippen molar-refractivity contribution < 1.29 is 5.11 Å². The van der Waals surface area contributed by atoms with Gasteiger partial charge in [-0.3, -0.25) is 0 Å². The second-order valence-electron chi connectivity index (χ2n) is 4.64. The second kappa shape index (κ2) is 5.55. The van der Waals surface area contributed by atoms with E-state index in [-0.39, 0.29) is 6.04 Å². The Labute approximate surface area is 112 Å². The van der Waals surface area contributed by atoms with E-state index in [1.54, 1.807) is 6.07 Å². The summed E-state index contributed by atoms with van der Waals surface area (Å²) in [6, 6.07) is 9.89. The number of aromatic hydroxyl groups is 1. The summed E-state index contributed by atoms with van der Waals surface area (Å²) < 4.78 is 0. The summed E-state index contributed by atoms with van der Waals surface area (Å²) in [5, 5.41) is 13.0. The zero-order valence-corrected chi connectivity index (χ0v) is 11.8. The van der Waals surface area contributed by atoms with Crippen molar-refractivity contribution in [1.82, 2.24) is 5.32 Å². The molecule has 0 radical (unpaired) electrons. The standard InChI is InChI=1S/C15H19NOS/c1-10-7-14(12(3)18-10)9-16-11(2)13-5-4-6-15(17)8-13/h4-8,11,16-17H,9H2,1-3H3. The molecule has 96 valence electrons. The monoisotopic (exact) mass is 261 g/mol. The number of rotatable bonds is 4. The van der Waals surface area contributed by atoms with Crippen molar-refractivity contribution in [3.8, 4) is 5.75 Å². The van der Waals surface area contributed by atoms with Crippen LogP contribution in [0, 0.1) is 13.8 Å². The van der Waals surface area contributed by atoms with Crippen LogP contribution < -0.4 is 5.32 Å². The lowest BCUT2D eigenvalue weighted by Crippen LogP contribution is -2.18. The topological polar surface area (TPSA) is 32.3 Å². The van der Waals surface area contributed by atoms with E-state index in [2.05, 4.69) is 32.2 Å². The normalized spacial score (nSPS) is 12.6. The quantitative estimate of drug-likeness (QED) is 0.874.